The third-order valence-corrected chi connectivity index (χ3v) is 8.37. The van der Waals surface area contributed by atoms with Gasteiger partial charge in [0, 0.05) is 38.8 Å². The Bertz CT molecular complexity index is 1130. The van der Waals surface area contributed by atoms with E-state index in [2.05, 4.69) is 0 Å². The van der Waals surface area contributed by atoms with Crippen LogP contribution in [0.4, 0.5) is 0 Å². The van der Waals surface area contributed by atoms with Crippen LogP contribution in [0.1, 0.15) is 18.4 Å². The van der Waals surface area contributed by atoms with Crippen LogP contribution in [-0.2, 0) is 26.2 Å². The van der Waals surface area contributed by atoms with Crippen LogP contribution in [0.3, 0.4) is 0 Å². The summed E-state index contributed by atoms with van der Waals surface area (Å²) < 4.78 is 32.6. The van der Waals surface area contributed by atoms with E-state index in [1.54, 1.807) is 9.80 Å². The van der Waals surface area contributed by atoms with Gasteiger partial charge < -0.3 is 14.5 Å². The first-order valence-electron chi connectivity index (χ1n) is 10.8. The van der Waals surface area contributed by atoms with E-state index in [4.69, 9.17) is 16.3 Å². The molecule has 2 amide bonds. The van der Waals surface area contributed by atoms with Gasteiger partial charge in [-0.25, -0.2) is 8.42 Å². The third kappa shape index (κ3) is 4.85. The Morgan fingerprint density at radius 2 is 1.67 bits per heavy atom. The molecule has 2 aromatic rings. The number of halogens is 1. The van der Waals surface area contributed by atoms with Gasteiger partial charge in [-0.2, -0.15) is 4.31 Å². The number of methoxy groups -OCH3 is 1. The molecule has 0 aromatic heterocycles. The second-order valence-corrected chi connectivity index (χ2v) is 10.5. The molecular formula is C23H26ClN3O5S. The first kappa shape index (κ1) is 23.5. The first-order valence-corrected chi connectivity index (χ1v) is 12.6. The number of piperazine rings is 1. The van der Waals surface area contributed by atoms with Crippen molar-refractivity contribution in [1.82, 2.24) is 14.1 Å². The van der Waals surface area contributed by atoms with Crippen molar-refractivity contribution < 1.29 is 22.7 Å². The second-order valence-electron chi connectivity index (χ2n) is 8.14. The third-order valence-electron chi connectivity index (χ3n) is 6.18. The Balaban J connectivity index is 1.37. The van der Waals surface area contributed by atoms with Crippen molar-refractivity contribution in [2.24, 2.45) is 0 Å². The number of carbonyl (C=O) groups excluding carboxylic acids is 2. The predicted octanol–water partition coefficient (Wildman–Crippen LogP) is 2.37. The van der Waals surface area contributed by atoms with E-state index in [0.717, 1.165) is 5.56 Å². The normalized spacial score (nSPS) is 18.6. The highest BCUT2D eigenvalue weighted by Gasteiger charge is 2.39. The van der Waals surface area contributed by atoms with Crippen LogP contribution in [0.15, 0.2) is 53.4 Å². The van der Waals surface area contributed by atoms with Gasteiger partial charge in [-0.05, 0) is 36.6 Å². The summed E-state index contributed by atoms with van der Waals surface area (Å²) in [4.78, 5) is 28.8. The Kier molecular flexibility index (Phi) is 6.92. The molecule has 4 rings (SSSR count). The van der Waals surface area contributed by atoms with Gasteiger partial charge in [0.15, 0.2) is 0 Å². The topological polar surface area (TPSA) is 87.2 Å². The van der Waals surface area contributed by atoms with Crippen molar-refractivity contribution >= 4 is 33.4 Å². The number of rotatable bonds is 6. The molecule has 2 fully saturated rings. The van der Waals surface area contributed by atoms with Gasteiger partial charge in [-0.15, -0.1) is 0 Å². The van der Waals surface area contributed by atoms with Crippen molar-refractivity contribution in [3.63, 3.8) is 0 Å². The largest absolute Gasteiger partial charge is 0.495 e. The number of hydrogen-bond donors (Lipinski definition) is 0. The van der Waals surface area contributed by atoms with Crippen LogP contribution in [0.2, 0.25) is 5.02 Å². The highest BCUT2D eigenvalue weighted by molar-refractivity contribution is 7.89. The highest BCUT2D eigenvalue weighted by atomic mass is 35.5. The average Bonchev–Trinajstić information content (AvgIpc) is 2.83. The lowest BCUT2D eigenvalue weighted by Crippen LogP contribution is -2.58. The summed E-state index contributed by atoms with van der Waals surface area (Å²) >= 11 is 6.10. The minimum absolute atomic E-state index is 0.104. The predicted molar refractivity (Wildman–Crippen MR) is 123 cm³/mol. The number of hydrogen-bond acceptors (Lipinski definition) is 5. The van der Waals surface area contributed by atoms with Gasteiger partial charge in [0.05, 0.1) is 17.0 Å². The lowest BCUT2D eigenvalue weighted by Gasteiger charge is -2.41. The molecular weight excluding hydrogens is 466 g/mol. The van der Waals surface area contributed by atoms with Gasteiger partial charge in [-0.1, -0.05) is 41.9 Å². The van der Waals surface area contributed by atoms with Crippen LogP contribution in [0.5, 0.6) is 5.75 Å². The van der Waals surface area contributed by atoms with Gasteiger partial charge in [0.1, 0.15) is 5.75 Å². The summed E-state index contributed by atoms with van der Waals surface area (Å²) in [5.74, 6) is -0.614. The Labute approximate surface area is 198 Å². The van der Waals surface area contributed by atoms with Crippen LogP contribution < -0.4 is 4.74 Å². The van der Waals surface area contributed by atoms with Crippen molar-refractivity contribution in [2.45, 2.75) is 30.3 Å². The SMILES string of the molecule is COc1ccc(S(=O)(=O)N2CCC(N3CCN(Cc4ccccc4)C(=O)C3=O)CC2)cc1Cl. The summed E-state index contributed by atoms with van der Waals surface area (Å²) in [6.07, 6.45) is 0.946. The summed E-state index contributed by atoms with van der Waals surface area (Å²) in [5.41, 5.74) is 0.976. The van der Waals surface area contributed by atoms with E-state index in [0.29, 0.717) is 38.2 Å². The average molecular weight is 492 g/mol. The molecule has 33 heavy (non-hydrogen) atoms. The van der Waals surface area contributed by atoms with Crippen molar-refractivity contribution in [1.29, 1.82) is 0 Å². The quantitative estimate of drug-likeness (QED) is 0.579. The molecule has 0 saturated carbocycles. The maximum absolute atomic E-state index is 13.0. The molecule has 0 radical (unpaired) electrons. The minimum atomic E-state index is -3.72. The number of benzene rings is 2. The number of carbonyl (C=O) groups is 2. The van der Waals surface area contributed by atoms with E-state index < -0.39 is 21.8 Å². The molecule has 0 atom stereocenters. The zero-order valence-electron chi connectivity index (χ0n) is 18.3. The molecule has 2 aliphatic rings. The Morgan fingerprint density at radius 3 is 2.30 bits per heavy atom. The minimum Gasteiger partial charge on any atom is -0.495 e. The molecule has 0 bridgehead atoms. The molecule has 0 N–H and O–H groups in total. The lowest BCUT2D eigenvalue weighted by molar-refractivity contribution is -0.158. The first-order chi connectivity index (χ1) is 15.8. The highest BCUT2D eigenvalue weighted by Crippen LogP contribution is 2.30. The van der Waals surface area contributed by atoms with Gasteiger partial charge in [0.25, 0.3) is 0 Å². The molecule has 10 heteroatoms. The maximum atomic E-state index is 13.0. The van der Waals surface area contributed by atoms with E-state index in [1.807, 2.05) is 30.3 Å². The van der Waals surface area contributed by atoms with E-state index in [-0.39, 0.29) is 29.0 Å². The number of amides is 2. The molecule has 2 heterocycles. The molecule has 2 aliphatic heterocycles. The Morgan fingerprint density at radius 1 is 0.970 bits per heavy atom. The molecule has 2 saturated heterocycles. The van der Waals surface area contributed by atoms with Gasteiger partial charge >= 0.3 is 11.8 Å². The number of ether oxygens (including phenoxy) is 1. The molecule has 0 unspecified atom stereocenters. The van der Waals surface area contributed by atoms with Crippen molar-refractivity contribution in [3.8, 4) is 5.75 Å². The van der Waals surface area contributed by atoms with Crippen LogP contribution in [0.25, 0.3) is 0 Å². The monoisotopic (exact) mass is 491 g/mol. The Hall–Kier alpha value is -2.62. The zero-order valence-corrected chi connectivity index (χ0v) is 19.9. The zero-order chi connectivity index (χ0) is 23.6. The lowest BCUT2D eigenvalue weighted by atomic mass is 10.0. The molecule has 0 aliphatic carbocycles. The van der Waals surface area contributed by atoms with Gasteiger partial charge in [0.2, 0.25) is 10.0 Å². The van der Waals surface area contributed by atoms with E-state index >= 15 is 0 Å². The molecule has 2 aromatic carbocycles. The fourth-order valence-electron chi connectivity index (χ4n) is 4.34. The van der Waals surface area contributed by atoms with Crippen LogP contribution in [0, 0.1) is 0 Å². The number of nitrogens with zero attached hydrogens (tertiary/aromatic N) is 3. The molecule has 176 valence electrons. The maximum Gasteiger partial charge on any atom is 0.312 e. The molecule has 8 nitrogen and oxygen atoms in total. The summed E-state index contributed by atoms with van der Waals surface area (Å²) in [7, 11) is -2.25. The number of piperidine rings is 1. The van der Waals surface area contributed by atoms with E-state index in [1.165, 1.54) is 29.6 Å². The van der Waals surface area contributed by atoms with Crippen molar-refractivity contribution in [2.75, 3.05) is 33.3 Å². The number of sulfonamides is 1. The van der Waals surface area contributed by atoms with Crippen LogP contribution >= 0.6 is 11.6 Å². The fourth-order valence-corrected chi connectivity index (χ4v) is 6.16. The summed E-state index contributed by atoms with van der Waals surface area (Å²) in [6.45, 7) is 1.84. The van der Waals surface area contributed by atoms with E-state index in [9.17, 15) is 18.0 Å². The molecule has 0 spiro atoms. The standard InChI is InChI=1S/C23H26ClN3O5S/c1-32-21-8-7-19(15-20(21)24)33(30,31)26-11-9-18(10-12-26)27-14-13-25(22(28)23(27)29)16-17-5-3-2-4-6-17/h2-8,15,18H,9-14,16H2,1H3. The van der Waals surface area contributed by atoms with Gasteiger partial charge in [-0.3, -0.25) is 9.59 Å². The summed E-state index contributed by atoms with van der Waals surface area (Å²) in [5, 5.41) is 0.228. The fraction of sp³-hybridized carbons (Fsp3) is 0.391. The van der Waals surface area contributed by atoms with Crippen molar-refractivity contribution in [3.05, 3.63) is 59.1 Å². The van der Waals surface area contributed by atoms with Crippen LogP contribution in [-0.4, -0.2) is 73.7 Å². The second kappa shape index (κ2) is 9.70. The summed E-state index contributed by atoms with van der Waals surface area (Å²) in [6, 6.07) is 13.8. The smallest absolute Gasteiger partial charge is 0.312 e.